The van der Waals surface area contributed by atoms with Gasteiger partial charge in [-0.2, -0.15) is 0 Å². The standard InChI is InChI=1S/C16H19ClN4S2/c1-20(2)9-10-21-15(12-6-7-13(17)23-12)14(19-16(21)22)11-5-3-4-8-18-11/h3-8,14-15H,9-10H2,1-2H3,(H,19,22)/t14-,15-/m1/s1. The van der Waals surface area contributed by atoms with Gasteiger partial charge in [-0.3, -0.25) is 4.98 Å². The molecule has 2 aromatic rings. The van der Waals surface area contributed by atoms with Crippen LogP contribution in [0.2, 0.25) is 4.34 Å². The first-order valence-electron chi connectivity index (χ1n) is 7.44. The maximum Gasteiger partial charge on any atom is 0.170 e. The number of aromatic nitrogens is 1. The van der Waals surface area contributed by atoms with E-state index in [-0.39, 0.29) is 12.1 Å². The van der Waals surface area contributed by atoms with Gasteiger partial charge in [0.15, 0.2) is 5.11 Å². The van der Waals surface area contributed by atoms with Crippen LogP contribution in [-0.2, 0) is 0 Å². The molecule has 0 saturated carbocycles. The summed E-state index contributed by atoms with van der Waals surface area (Å²) in [6, 6.07) is 10.2. The van der Waals surface area contributed by atoms with Crippen molar-refractivity contribution in [1.29, 1.82) is 0 Å². The molecule has 0 spiro atoms. The minimum atomic E-state index is 0.0422. The van der Waals surface area contributed by atoms with Crippen molar-refractivity contribution in [3.05, 3.63) is 51.4 Å². The molecule has 2 atom stereocenters. The van der Waals surface area contributed by atoms with Crippen molar-refractivity contribution in [2.45, 2.75) is 12.1 Å². The molecule has 4 nitrogen and oxygen atoms in total. The fourth-order valence-electron chi connectivity index (χ4n) is 2.75. The Hall–Kier alpha value is -1.21. The molecule has 1 N–H and O–H groups in total. The van der Waals surface area contributed by atoms with E-state index in [2.05, 4.69) is 40.3 Å². The molecule has 7 heteroatoms. The minimum Gasteiger partial charge on any atom is -0.352 e. The number of halogens is 1. The van der Waals surface area contributed by atoms with Crippen LogP contribution in [-0.4, -0.2) is 47.1 Å². The second-order valence-corrected chi connectivity index (χ2v) is 7.90. The third-order valence-electron chi connectivity index (χ3n) is 3.87. The second-order valence-electron chi connectivity index (χ2n) is 5.77. The molecule has 1 aliphatic heterocycles. The fourth-order valence-corrected chi connectivity index (χ4v) is 4.29. The normalized spacial score (nSPS) is 21.0. The average molecular weight is 367 g/mol. The summed E-state index contributed by atoms with van der Waals surface area (Å²) in [5, 5.41) is 4.22. The van der Waals surface area contributed by atoms with Gasteiger partial charge in [0.05, 0.1) is 22.1 Å². The fraction of sp³-hybridized carbons (Fsp3) is 0.375. The van der Waals surface area contributed by atoms with Crippen LogP contribution in [0.3, 0.4) is 0 Å². The summed E-state index contributed by atoms with van der Waals surface area (Å²) >= 11 is 13.4. The monoisotopic (exact) mass is 366 g/mol. The van der Waals surface area contributed by atoms with Crippen molar-refractivity contribution in [2.24, 2.45) is 0 Å². The SMILES string of the molecule is CN(C)CCN1C(=S)N[C@H](c2ccccn2)[C@H]1c1ccc(Cl)s1. The van der Waals surface area contributed by atoms with Crippen LogP contribution < -0.4 is 5.32 Å². The first kappa shape index (κ1) is 16.6. The van der Waals surface area contributed by atoms with E-state index in [1.807, 2.05) is 30.5 Å². The largest absolute Gasteiger partial charge is 0.352 e. The van der Waals surface area contributed by atoms with E-state index in [9.17, 15) is 0 Å². The zero-order valence-corrected chi connectivity index (χ0v) is 15.5. The predicted octanol–water partition coefficient (Wildman–Crippen LogP) is 3.33. The zero-order valence-electron chi connectivity index (χ0n) is 13.1. The summed E-state index contributed by atoms with van der Waals surface area (Å²) in [5.41, 5.74) is 0.997. The molecule has 0 aliphatic carbocycles. The Morgan fingerprint density at radius 3 is 2.78 bits per heavy atom. The van der Waals surface area contributed by atoms with Crippen molar-refractivity contribution >= 4 is 40.3 Å². The first-order valence-corrected chi connectivity index (χ1v) is 9.04. The van der Waals surface area contributed by atoms with Crippen molar-refractivity contribution in [3.63, 3.8) is 0 Å². The highest BCUT2D eigenvalue weighted by Gasteiger charge is 2.40. The van der Waals surface area contributed by atoms with Gasteiger partial charge >= 0.3 is 0 Å². The summed E-state index contributed by atoms with van der Waals surface area (Å²) < 4.78 is 0.796. The lowest BCUT2D eigenvalue weighted by molar-refractivity contribution is 0.280. The number of nitrogens with one attached hydrogen (secondary N) is 1. The van der Waals surface area contributed by atoms with Gasteiger partial charge in [-0.1, -0.05) is 17.7 Å². The van der Waals surface area contributed by atoms with E-state index in [4.69, 9.17) is 23.8 Å². The van der Waals surface area contributed by atoms with Crippen LogP contribution in [0.5, 0.6) is 0 Å². The number of nitrogens with zero attached hydrogens (tertiary/aromatic N) is 3. The lowest BCUT2D eigenvalue weighted by Crippen LogP contribution is -2.35. The summed E-state index contributed by atoms with van der Waals surface area (Å²) in [5.74, 6) is 0. The van der Waals surface area contributed by atoms with E-state index in [1.165, 1.54) is 4.88 Å². The summed E-state index contributed by atoms with van der Waals surface area (Å²) in [4.78, 5) is 10.1. The van der Waals surface area contributed by atoms with Gasteiger partial charge in [0.1, 0.15) is 0 Å². The van der Waals surface area contributed by atoms with E-state index < -0.39 is 0 Å². The molecule has 0 radical (unpaired) electrons. The van der Waals surface area contributed by atoms with Crippen LogP contribution in [0.25, 0.3) is 0 Å². The van der Waals surface area contributed by atoms with Crippen molar-refractivity contribution in [1.82, 2.24) is 20.1 Å². The molecule has 0 amide bonds. The van der Waals surface area contributed by atoms with Crippen LogP contribution in [0, 0.1) is 0 Å². The topological polar surface area (TPSA) is 31.4 Å². The molecular formula is C16H19ClN4S2. The molecular weight excluding hydrogens is 348 g/mol. The number of likely N-dealkylation sites (N-methyl/N-ethyl adjacent to an activating group) is 1. The van der Waals surface area contributed by atoms with Crippen LogP contribution in [0.15, 0.2) is 36.5 Å². The Bertz CT molecular complexity index is 674. The molecule has 3 heterocycles. The number of thiophene rings is 1. The minimum absolute atomic E-state index is 0.0422. The summed E-state index contributed by atoms with van der Waals surface area (Å²) in [6.07, 6.45) is 1.82. The smallest absolute Gasteiger partial charge is 0.170 e. The number of thiocarbonyl (C=S) groups is 1. The lowest BCUT2D eigenvalue weighted by atomic mass is 10.0. The molecule has 23 heavy (non-hydrogen) atoms. The van der Waals surface area contributed by atoms with Crippen molar-refractivity contribution in [3.8, 4) is 0 Å². The van der Waals surface area contributed by atoms with Gasteiger partial charge in [0, 0.05) is 24.2 Å². The molecule has 0 bridgehead atoms. The Morgan fingerprint density at radius 2 is 2.17 bits per heavy atom. The van der Waals surface area contributed by atoms with E-state index >= 15 is 0 Å². The molecule has 1 aliphatic rings. The predicted molar refractivity (Wildman–Crippen MR) is 100 cm³/mol. The number of hydrogen-bond donors (Lipinski definition) is 1. The molecule has 3 rings (SSSR count). The van der Waals surface area contributed by atoms with Gasteiger partial charge < -0.3 is 15.1 Å². The van der Waals surface area contributed by atoms with E-state index in [0.29, 0.717) is 0 Å². The van der Waals surface area contributed by atoms with Gasteiger partial charge in [0.2, 0.25) is 0 Å². The number of pyridine rings is 1. The maximum atomic E-state index is 6.17. The van der Waals surface area contributed by atoms with Gasteiger partial charge in [0.25, 0.3) is 0 Å². The highest BCUT2D eigenvalue weighted by atomic mass is 35.5. The number of rotatable bonds is 5. The summed E-state index contributed by atoms with van der Waals surface area (Å²) in [6.45, 7) is 1.80. The maximum absolute atomic E-state index is 6.17. The van der Waals surface area contributed by atoms with E-state index in [0.717, 1.165) is 28.2 Å². The van der Waals surface area contributed by atoms with Crippen LogP contribution >= 0.6 is 35.2 Å². The first-order chi connectivity index (χ1) is 11.1. The third-order valence-corrected chi connectivity index (χ3v) is 5.53. The van der Waals surface area contributed by atoms with Gasteiger partial charge in [-0.25, -0.2) is 0 Å². The quantitative estimate of drug-likeness (QED) is 0.820. The second kappa shape index (κ2) is 7.13. The third kappa shape index (κ3) is 3.66. The van der Waals surface area contributed by atoms with Crippen LogP contribution in [0.4, 0.5) is 0 Å². The molecule has 1 fully saturated rings. The highest BCUT2D eigenvalue weighted by Crippen LogP contribution is 2.41. The van der Waals surface area contributed by atoms with Gasteiger partial charge in [-0.15, -0.1) is 11.3 Å². The zero-order chi connectivity index (χ0) is 16.4. The Morgan fingerprint density at radius 1 is 1.35 bits per heavy atom. The Labute approximate surface area is 151 Å². The number of hydrogen-bond acceptors (Lipinski definition) is 4. The molecule has 0 aromatic carbocycles. The van der Waals surface area contributed by atoms with Crippen LogP contribution in [0.1, 0.15) is 22.7 Å². The van der Waals surface area contributed by atoms with E-state index in [1.54, 1.807) is 11.3 Å². The highest BCUT2D eigenvalue weighted by molar-refractivity contribution is 7.80. The van der Waals surface area contributed by atoms with Crippen molar-refractivity contribution in [2.75, 3.05) is 27.2 Å². The molecule has 0 unspecified atom stereocenters. The average Bonchev–Trinajstić information content (AvgIpc) is 3.09. The Kier molecular flexibility index (Phi) is 5.16. The molecule has 122 valence electrons. The van der Waals surface area contributed by atoms with Gasteiger partial charge in [-0.05, 0) is 50.6 Å². The summed E-state index contributed by atoms with van der Waals surface area (Å²) in [7, 11) is 4.14. The van der Waals surface area contributed by atoms with Crippen molar-refractivity contribution < 1.29 is 0 Å². The molecule has 1 saturated heterocycles. The Balaban J connectivity index is 1.94. The molecule has 2 aromatic heterocycles. The lowest BCUT2D eigenvalue weighted by Gasteiger charge is -2.27.